The summed E-state index contributed by atoms with van der Waals surface area (Å²) in [5.41, 5.74) is 3.48. The van der Waals surface area contributed by atoms with Crippen LogP contribution in [0.5, 0.6) is 0 Å². The second-order valence-electron chi connectivity index (χ2n) is 10.1. The summed E-state index contributed by atoms with van der Waals surface area (Å²) < 4.78 is 0. The van der Waals surface area contributed by atoms with Crippen molar-refractivity contribution < 1.29 is 9.59 Å². The van der Waals surface area contributed by atoms with Crippen molar-refractivity contribution in [1.82, 2.24) is 10.2 Å². The molecule has 0 aliphatic rings. The Morgan fingerprint density at radius 2 is 1.51 bits per heavy atom. The van der Waals surface area contributed by atoms with Gasteiger partial charge in [-0.2, -0.15) is 0 Å². The van der Waals surface area contributed by atoms with Crippen molar-refractivity contribution in [2.45, 2.75) is 58.0 Å². The highest BCUT2D eigenvalue weighted by molar-refractivity contribution is 7.99. The Kier molecular flexibility index (Phi) is 10.5. The van der Waals surface area contributed by atoms with Crippen molar-refractivity contribution in [2.75, 3.05) is 5.75 Å². The van der Waals surface area contributed by atoms with Gasteiger partial charge in [0, 0.05) is 39.9 Å². The molecule has 0 aromatic heterocycles. The van der Waals surface area contributed by atoms with E-state index in [4.69, 9.17) is 23.2 Å². The van der Waals surface area contributed by atoms with Gasteiger partial charge in [-0.05, 0) is 51.0 Å². The van der Waals surface area contributed by atoms with E-state index in [1.54, 1.807) is 23.1 Å². The van der Waals surface area contributed by atoms with E-state index >= 15 is 0 Å². The van der Waals surface area contributed by atoms with Gasteiger partial charge in [0.15, 0.2) is 0 Å². The molecule has 0 unspecified atom stereocenters. The van der Waals surface area contributed by atoms with Gasteiger partial charge < -0.3 is 10.2 Å². The number of halogens is 2. The summed E-state index contributed by atoms with van der Waals surface area (Å²) in [4.78, 5) is 29.0. The first-order chi connectivity index (χ1) is 17.5. The van der Waals surface area contributed by atoms with Crippen LogP contribution < -0.4 is 5.32 Å². The lowest BCUT2D eigenvalue weighted by Crippen LogP contribution is -2.54. The number of thioether (sulfide) groups is 1. The van der Waals surface area contributed by atoms with Crippen LogP contribution in [-0.4, -0.2) is 34.0 Å². The fourth-order valence-corrected chi connectivity index (χ4v) is 5.27. The zero-order chi connectivity index (χ0) is 27.0. The number of rotatable bonds is 10. The van der Waals surface area contributed by atoms with Gasteiger partial charge >= 0.3 is 0 Å². The predicted molar refractivity (Wildman–Crippen MR) is 156 cm³/mol. The lowest BCUT2D eigenvalue weighted by Gasteiger charge is -2.34. The quantitative estimate of drug-likeness (QED) is 0.290. The molecular formula is C30H34Cl2N2O2S. The van der Waals surface area contributed by atoms with E-state index in [9.17, 15) is 9.59 Å². The highest BCUT2D eigenvalue weighted by Crippen LogP contribution is 2.28. The van der Waals surface area contributed by atoms with Crippen LogP contribution in [0.15, 0.2) is 72.8 Å². The van der Waals surface area contributed by atoms with Crippen LogP contribution in [0, 0.1) is 6.92 Å². The van der Waals surface area contributed by atoms with Gasteiger partial charge in [-0.1, -0.05) is 89.4 Å². The van der Waals surface area contributed by atoms with Gasteiger partial charge in [-0.15, -0.1) is 11.8 Å². The highest BCUT2D eigenvalue weighted by Gasteiger charge is 2.32. The average Bonchev–Trinajstić information content (AvgIpc) is 2.83. The summed E-state index contributed by atoms with van der Waals surface area (Å²) in [7, 11) is 0. The molecule has 1 N–H and O–H groups in total. The Balaban J connectivity index is 1.91. The molecule has 2 amide bonds. The van der Waals surface area contributed by atoms with E-state index in [1.165, 1.54) is 17.3 Å². The number of hydrogen-bond acceptors (Lipinski definition) is 3. The third-order valence-electron chi connectivity index (χ3n) is 5.77. The number of hydrogen-bond donors (Lipinski definition) is 1. The first kappa shape index (κ1) is 29.1. The second-order valence-corrected chi connectivity index (χ2v) is 11.9. The first-order valence-electron chi connectivity index (χ1n) is 12.2. The lowest BCUT2D eigenvalue weighted by atomic mass is 10.0. The van der Waals surface area contributed by atoms with Crippen LogP contribution >= 0.6 is 35.0 Å². The molecule has 0 bridgehead atoms. The van der Waals surface area contributed by atoms with Crippen LogP contribution in [0.3, 0.4) is 0 Å². The van der Waals surface area contributed by atoms with E-state index in [1.807, 2.05) is 58.0 Å². The molecule has 3 rings (SSSR count). The largest absolute Gasteiger partial charge is 0.350 e. The topological polar surface area (TPSA) is 49.4 Å². The van der Waals surface area contributed by atoms with Gasteiger partial charge in [0.25, 0.3) is 0 Å². The van der Waals surface area contributed by atoms with E-state index in [2.05, 4.69) is 29.6 Å². The Bertz CT molecular complexity index is 1170. The van der Waals surface area contributed by atoms with Crippen LogP contribution in [0.25, 0.3) is 0 Å². The second kappa shape index (κ2) is 13.4. The number of amides is 2. The Labute approximate surface area is 234 Å². The minimum Gasteiger partial charge on any atom is -0.350 e. The molecule has 7 heteroatoms. The number of aryl methyl sites for hydroxylation is 1. The molecule has 0 saturated carbocycles. The molecule has 0 aliphatic heterocycles. The molecule has 0 radical (unpaired) electrons. The molecule has 0 saturated heterocycles. The fourth-order valence-electron chi connectivity index (χ4n) is 3.88. The molecule has 0 aliphatic carbocycles. The number of nitrogens with one attached hydrogen (secondary N) is 1. The molecule has 3 aromatic carbocycles. The Morgan fingerprint density at radius 3 is 2.11 bits per heavy atom. The minimum atomic E-state index is -0.735. The van der Waals surface area contributed by atoms with Crippen molar-refractivity contribution >= 4 is 46.8 Å². The van der Waals surface area contributed by atoms with Gasteiger partial charge in [-0.25, -0.2) is 0 Å². The van der Waals surface area contributed by atoms with E-state index in [0.29, 0.717) is 27.8 Å². The molecule has 4 nitrogen and oxygen atoms in total. The third-order valence-corrected chi connectivity index (χ3v) is 7.47. The maximum atomic E-state index is 13.8. The Morgan fingerprint density at radius 1 is 0.892 bits per heavy atom. The van der Waals surface area contributed by atoms with E-state index in [-0.39, 0.29) is 24.1 Å². The summed E-state index contributed by atoms with van der Waals surface area (Å²) in [5.74, 6) is 0.573. The maximum Gasteiger partial charge on any atom is 0.243 e. The van der Waals surface area contributed by atoms with Crippen molar-refractivity contribution in [3.63, 3.8) is 0 Å². The van der Waals surface area contributed by atoms with Gasteiger partial charge in [-0.3, -0.25) is 9.59 Å². The molecular weight excluding hydrogens is 523 g/mol. The smallest absolute Gasteiger partial charge is 0.243 e. The Hall–Kier alpha value is -2.47. The van der Waals surface area contributed by atoms with E-state index in [0.717, 1.165) is 11.1 Å². The van der Waals surface area contributed by atoms with Crippen molar-refractivity contribution in [3.05, 3.63) is 105 Å². The van der Waals surface area contributed by atoms with Gasteiger partial charge in [0.2, 0.25) is 11.8 Å². The molecule has 0 fully saturated rings. The SMILES string of the molecule is Cc1ccc(CSCC(=O)N(Cc2c(Cl)cccc2Cl)[C@@H](Cc2ccccc2)C(=O)NC(C)(C)C)cc1. The average molecular weight is 558 g/mol. The van der Waals surface area contributed by atoms with Crippen LogP contribution in [0.2, 0.25) is 10.0 Å². The fraction of sp³-hybridized carbons (Fsp3) is 0.333. The molecule has 3 aromatic rings. The molecule has 0 spiro atoms. The van der Waals surface area contributed by atoms with Gasteiger partial charge in [0.05, 0.1) is 5.75 Å². The van der Waals surface area contributed by atoms with Gasteiger partial charge in [0.1, 0.15) is 6.04 Å². The molecule has 37 heavy (non-hydrogen) atoms. The molecule has 0 heterocycles. The predicted octanol–water partition coefficient (Wildman–Crippen LogP) is 7.09. The molecule has 1 atom stereocenters. The number of carbonyl (C=O) groups excluding carboxylic acids is 2. The van der Waals surface area contributed by atoms with Crippen molar-refractivity contribution in [3.8, 4) is 0 Å². The number of carbonyl (C=O) groups is 2. The normalized spacial score (nSPS) is 12.2. The zero-order valence-electron chi connectivity index (χ0n) is 21.8. The maximum absolute atomic E-state index is 13.8. The monoisotopic (exact) mass is 556 g/mol. The standard InChI is InChI=1S/C30H34Cl2N2O2S/c1-21-13-15-23(16-14-21)19-37-20-28(35)34(18-24-25(31)11-8-12-26(24)32)27(29(36)33-30(2,3)4)17-22-9-6-5-7-10-22/h5-16,27H,17-20H2,1-4H3,(H,33,36)/t27-/m0/s1. The van der Waals surface area contributed by atoms with Crippen molar-refractivity contribution in [1.29, 1.82) is 0 Å². The zero-order valence-corrected chi connectivity index (χ0v) is 24.1. The van der Waals surface area contributed by atoms with Crippen LogP contribution in [-0.2, 0) is 28.3 Å². The van der Waals surface area contributed by atoms with Crippen LogP contribution in [0.4, 0.5) is 0 Å². The number of benzene rings is 3. The summed E-state index contributed by atoms with van der Waals surface area (Å²) in [6, 6.07) is 22.5. The summed E-state index contributed by atoms with van der Waals surface area (Å²) >= 11 is 14.5. The van der Waals surface area contributed by atoms with E-state index < -0.39 is 11.6 Å². The first-order valence-corrected chi connectivity index (χ1v) is 14.2. The number of nitrogens with zero attached hydrogens (tertiary/aromatic N) is 1. The summed E-state index contributed by atoms with van der Waals surface area (Å²) in [6.45, 7) is 7.97. The van der Waals surface area contributed by atoms with Crippen molar-refractivity contribution in [2.24, 2.45) is 0 Å². The minimum absolute atomic E-state index is 0.136. The third kappa shape index (κ3) is 9.10. The molecule has 196 valence electrons. The highest BCUT2D eigenvalue weighted by atomic mass is 35.5. The van der Waals surface area contributed by atoms with Crippen LogP contribution in [0.1, 0.15) is 43.0 Å². The summed E-state index contributed by atoms with van der Waals surface area (Å²) in [6.07, 6.45) is 0.374. The lowest BCUT2D eigenvalue weighted by molar-refractivity contribution is -0.140. The summed E-state index contributed by atoms with van der Waals surface area (Å²) in [5, 5.41) is 4.00.